The van der Waals surface area contributed by atoms with E-state index in [4.69, 9.17) is 10.3 Å². The zero-order chi connectivity index (χ0) is 20.6. The molecule has 0 radical (unpaired) electrons. The van der Waals surface area contributed by atoms with Gasteiger partial charge in [0, 0.05) is 31.2 Å². The van der Waals surface area contributed by atoms with Crippen LogP contribution in [0.4, 0.5) is 5.95 Å². The van der Waals surface area contributed by atoms with Crippen molar-refractivity contribution in [3.63, 3.8) is 0 Å². The molecule has 0 spiro atoms. The summed E-state index contributed by atoms with van der Waals surface area (Å²) in [7, 11) is 1.85. The Kier molecular flexibility index (Phi) is 4.62. The first-order valence-electron chi connectivity index (χ1n) is 9.40. The fourth-order valence-corrected chi connectivity index (χ4v) is 3.28. The summed E-state index contributed by atoms with van der Waals surface area (Å²) in [5.41, 5.74) is 8.84. The number of benzene rings is 1. The Hall–Kier alpha value is -3.55. The number of rotatable bonds is 5. The molecule has 1 unspecified atom stereocenters. The van der Waals surface area contributed by atoms with Crippen molar-refractivity contribution < 1.29 is 4.52 Å². The summed E-state index contributed by atoms with van der Waals surface area (Å²) in [5.74, 6) is 1.56. The monoisotopic (exact) mass is 389 g/mol. The highest BCUT2D eigenvalue weighted by Crippen LogP contribution is 2.38. The van der Waals surface area contributed by atoms with Gasteiger partial charge < -0.3 is 10.3 Å². The van der Waals surface area contributed by atoms with Gasteiger partial charge in [-0.1, -0.05) is 43.3 Å². The fourth-order valence-electron chi connectivity index (χ4n) is 3.28. The van der Waals surface area contributed by atoms with Gasteiger partial charge in [-0.3, -0.25) is 4.68 Å². The number of nitrogens with two attached hydrogens (primary N) is 1. The lowest BCUT2D eigenvalue weighted by atomic mass is 9.72. The summed E-state index contributed by atoms with van der Waals surface area (Å²) in [6.45, 7) is 6.43. The van der Waals surface area contributed by atoms with E-state index in [2.05, 4.69) is 58.1 Å². The Bertz CT molecular complexity index is 1110. The second kappa shape index (κ2) is 7.12. The average Bonchev–Trinajstić information content (AvgIpc) is 3.37. The van der Waals surface area contributed by atoms with Gasteiger partial charge in [-0.25, -0.2) is 9.97 Å². The molecule has 148 valence electrons. The minimum Gasteiger partial charge on any atom is -0.368 e. The van der Waals surface area contributed by atoms with E-state index in [0.717, 1.165) is 16.7 Å². The lowest BCUT2D eigenvalue weighted by Crippen LogP contribution is -2.31. The van der Waals surface area contributed by atoms with Gasteiger partial charge >= 0.3 is 0 Å². The van der Waals surface area contributed by atoms with Crippen LogP contribution in [-0.4, -0.2) is 29.9 Å². The summed E-state index contributed by atoms with van der Waals surface area (Å²) in [5, 5.41) is 8.64. The van der Waals surface area contributed by atoms with Crippen LogP contribution in [-0.2, 0) is 12.5 Å². The molecule has 29 heavy (non-hydrogen) atoms. The molecule has 0 saturated carbocycles. The van der Waals surface area contributed by atoms with Gasteiger partial charge in [0.2, 0.25) is 5.95 Å². The van der Waals surface area contributed by atoms with E-state index in [1.807, 2.05) is 31.4 Å². The highest BCUT2D eigenvalue weighted by molar-refractivity contribution is 5.62. The third-order valence-electron chi connectivity index (χ3n) is 5.47. The molecule has 1 aromatic carbocycles. The van der Waals surface area contributed by atoms with Gasteiger partial charge in [0.15, 0.2) is 11.5 Å². The summed E-state index contributed by atoms with van der Waals surface area (Å²) >= 11 is 0. The van der Waals surface area contributed by atoms with Crippen molar-refractivity contribution in [1.29, 1.82) is 0 Å². The van der Waals surface area contributed by atoms with Crippen LogP contribution in [0.15, 0.2) is 53.4 Å². The Labute approximate surface area is 168 Å². The molecule has 0 bridgehead atoms. The number of hydrogen-bond acceptors (Lipinski definition) is 7. The van der Waals surface area contributed by atoms with Crippen LogP contribution >= 0.6 is 0 Å². The van der Waals surface area contributed by atoms with Crippen LogP contribution in [0.3, 0.4) is 0 Å². The molecule has 0 fully saturated rings. The van der Waals surface area contributed by atoms with Gasteiger partial charge in [-0.15, -0.1) is 0 Å². The topological polar surface area (TPSA) is 109 Å². The number of hydrogen-bond donors (Lipinski definition) is 1. The smallest absolute Gasteiger partial charge is 0.278 e. The number of anilines is 1. The third-order valence-corrected chi connectivity index (χ3v) is 5.47. The summed E-state index contributed by atoms with van der Waals surface area (Å²) in [4.78, 5) is 12.8. The predicted octanol–water partition coefficient (Wildman–Crippen LogP) is 3.47. The molecular formula is C21H23N7O. The van der Waals surface area contributed by atoms with Crippen molar-refractivity contribution in [2.75, 3.05) is 5.73 Å². The quantitative estimate of drug-likeness (QED) is 0.556. The van der Waals surface area contributed by atoms with E-state index < -0.39 is 5.41 Å². The number of aromatic nitrogens is 6. The summed E-state index contributed by atoms with van der Waals surface area (Å²) in [6.07, 6.45) is 5.29. The molecule has 0 aliphatic rings. The molecule has 1 atom stereocenters. The molecule has 0 amide bonds. The Morgan fingerprint density at radius 2 is 1.72 bits per heavy atom. The number of aryl methyl sites for hydroxylation is 1. The maximum atomic E-state index is 5.58. The molecule has 4 aromatic rings. The first-order chi connectivity index (χ1) is 13.9. The van der Waals surface area contributed by atoms with E-state index in [-0.39, 0.29) is 11.9 Å². The average molecular weight is 389 g/mol. The van der Waals surface area contributed by atoms with Crippen LogP contribution in [0.1, 0.15) is 32.2 Å². The lowest BCUT2D eigenvalue weighted by molar-refractivity contribution is 0.350. The van der Waals surface area contributed by atoms with Crippen molar-refractivity contribution in [2.24, 2.45) is 13.0 Å². The van der Waals surface area contributed by atoms with Crippen LogP contribution in [0.2, 0.25) is 0 Å². The van der Waals surface area contributed by atoms with Gasteiger partial charge in [-0.2, -0.15) is 10.1 Å². The molecule has 3 aromatic heterocycles. The molecule has 0 saturated heterocycles. The molecule has 2 N–H and O–H groups in total. The first-order valence-corrected chi connectivity index (χ1v) is 9.40. The van der Waals surface area contributed by atoms with Crippen LogP contribution in [0.5, 0.6) is 0 Å². The molecule has 0 aliphatic heterocycles. The van der Waals surface area contributed by atoms with Gasteiger partial charge in [0.05, 0.1) is 5.41 Å². The standard InChI is InChI=1S/C21H23N7O/c1-13(2)21(3,19-25-18(29-27-19)17-9-10-28(4)26-17)16-7-5-14(6-8-16)15-11-23-20(22)24-12-15/h5-13H,1-4H3,(H2,22,23,24). The molecule has 4 rings (SSSR count). The van der Waals surface area contributed by atoms with Crippen LogP contribution < -0.4 is 5.73 Å². The highest BCUT2D eigenvalue weighted by atomic mass is 16.5. The van der Waals surface area contributed by atoms with Gasteiger partial charge in [-0.05, 0) is 30.0 Å². The number of nitrogens with zero attached hydrogens (tertiary/aromatic N) is 6. The van der Waals surface area contributed by atoms with Crippen molar-refractivity contribution in [3.05, 3.63) is 60.3 Å². The van der Waals surface area contributed by atoms with Gasteiger partial charge in [0.25, 0.3) is 5.89 Å². The fraction of sp³-hybridized carbons (Fsp3) is 0.286. The van der Waals surface area contributed by atoms with E-state index in [1.54, 1.807) is 17.1 Å². The Morgan fingerprint density at radius 3 is 2.31 bits per heavy atom. The summed E-state index contributed by atoms with van der Waals surface area (Å²) < 4.78 is 7.23. The SMILES string of the molecule is CC(C)C(C)(c1ccc(-c2cnc(N)nc2)cc1)c1noc(-c2ccn(C)n2)n1. The molecule has 8 heteroatoms. The maximum absolute atomic E-state index is 5.58. The number of nitrogen functional groups attached to an aromatic ring is 1. The minimum atomic E-state index is -0.424. The zero-order valence-electron chi connectivity index (χ0n) is 16.9. The second-order valence-electron chi connectivity index (χ2n) is 7.56. The molecule has 0 aliphatic carbocycles. The second-order valence-corrected chi connectivity index (χ2v) is 7.56. The summed E-state index contributed by atoms with van der Waals surface area (Å²) in [6, 6.07) is 10.1. The maximum Gasteiger partial charge on any atom is 0.278 e. The normalized spacial score (nSPS) is 13.6. The van der Waals surface area contributed by atoms with Crippen molar-refractivity contribution in [3.8, 4) is 22.7 Å². The van der Waals surface area contributed by atoms with Crippen molar-refractivity contribution in [2.45, 2.75) is 26.2 Å². The van der Waals surface area contributed by atoms with Gasteiger partial charge in [0.1, 0.15) is 0 Å². The molecule has 3 heterocycles. The third kappa shape index (κ3) is 3.37. The lowest BCUT2D eigenvalue weighted by Gasteiger charge is -2.31. The zero-order valence-corrected chi connectivity index (χ0v) is 16.9. The van der Waals surface area contributed by atoms with E-state index in [1.165, 1.54) is 0 Å². The molecule has 8 nitrogen and oxygen atoms in total. The molecular weight excluding hydrogens is 366 g/mol. The highest BCUT2D eigenvalue weighted by Gasteiger charge is 2.37. The van der Waals surface area contributed by atoms with Crippen LogP contribution in [0.25, 0.3) is 22.7 Å². The van der Waals surface area contributed by atoms with E-state index in [9.17, 15) is 0 Å². The predicted molar refractivity (Wildman–Crippen MR) is 110 cm³/mol. The van der Waals surface area contributed by atoms with E-state index in [0.29, 0.717) is 17.4 Å². The first kappa shape index (κ1) is 18.8. The van der Waals surface area contributed by atoms with Crippen molar-refractivity contribution >= 4 is 5.95 Å². The van der Waals surface area contributed by atoms with Crippen molar-refractivity contribution in [1.82, 2.24) is 29.9 Å². The Balaban J connectivity index is 1.70. The van der Waals surface area contributed by atoms with Crippen LogP contribution in [0, 0.1) is 5.92 Å². The largest absolute Gasteiger partial charge is 0.368 e. The van der Waals surface area contributed by atoms with E-state index >= 15 is 0 Å². The minimum absolute atomic E-state index is 0.238. The Morgan fingerprint density at radius 1 is 1.03 bits per heavy atom.